The number of nitrogens with zero attached hydrogens (tertiary/aromatic N) is 5. The second kappa shape index (κ2) is 8.89. The number of halogens is 3. The number of hydrogen-bond acceptors (Lipinski definition) is 5. The van der Waals surface area contributed by atoms with Crippen molar-refractivity contribution >= 4 is 5.96 Å². The summed E-state index contributed by atoms with van der Waals surface area (Å²) < 4.78 is 45.9. The lowest BCUT2D eigenvalue weighted by Crippen LogP contribution is -2.47. The predicted octanol–water partition coefficient (Wildman–Crippen LogP) is 1.64. The minimum atomic E-state index is -4.51. The number of ether oxygens (including phenoxy) is 1. The summed E-state index contributed by atoms with van der Waals surface area (Å²) in [4.78, 5) is 12.2. The number of fused-ring (bicyclic) bond motifs is 1. The highest BCUT2D eigenvalue weighted by atomic mass is 19.4. The average Bonchev–Trinajstić information content (AvgIpc) is 3.12. The van der Waals surface area contributed by atoms with E-state index in [9.17, 15) is 13.2 Å². The third-order valence-electron chi connectivity index (χ3n) is 4.17. The normalized spacial score (nSPS) is 17.1. The van der Waals surface area contributed by atoms with Gasteiger partial charge < -0.3 is 15.4 Å². The summed E-state index contributed by atoms with van der Waals surface area (Å²) in [6, 6.07) is 2.31. The third-order valence-corrected chi connectivity index (χ3v) is 4.17. The van der Waals surface area contributed by atoms with Gasteiger partial charge in [-0.2, -0.15) is 18.3 Å². The summed E-state index contributed by atoms with van der Waals surface area (Å²) >= 11 is 0. The maximum Gasteiger partial charge on any atom is 0.421 e. The van der Waals surface area contributed by atoms with Crippen LogP contribution in [0.25, 0.3) is 0 Å². The molecule has 8 nitrogen and oxygen atoms in total. The molecule has 0 saturated carbocycles. The molecule has 0 aliphatic carbocycles. The smallest absolute Gasteiger partial charge is 0.421 e. The van der Waals surface area contributed by atoms with Crippen molar-refractivity contribution in [2.75, 3.05) is 19.7 Å². The van der Waals surface area contributed by atoms with E-state index in [2.05, 4.69) is 30.7 Å². The lowest BCUT2D eigenvalue weighted by atomic mass is 10.1. The molecule has 0 radical (unpaired) electrons. The average molecular weight is 397 g/mol. The Kier molecular flexibility index (Phi) is 6.32. The van der Waals surface area contributed by atoms with E-state index in [-0.39, 0.29) is 19.2 Å². The van der Waals surface area contributed by atoms with Crippen LogP contribution in [-0.2, 0) is 19.1 Å². The molecular weight excluding hydrogens is 375 g/mol. The van der Waals surface area contributed by atoms with E-state index in [4.69, 9.17) is 4.74 Å². The first kappa shape index (κ1) is 19.9. The molecule has 1 unspecified atom stereocenters. The Morgan fingerprint density at radius 1 is 1.39 bits per heavy atom. The van der Waals surface area contributed by atoms with Crippen molar-refractivity contribution in [3.05, 3.63) is 36.0 Å². The molecule has 1 atom stereocenters. The predicted molar refractivity (Wildman–Crippen MR) is 96.0 cm³/mol. The highest BCUT2D eigenvalue weighted by Crippen LogP contribution is 2.34. The standard InChI is InChI=1S/C17H22F3N7O/c1-2-21-16(26-12-5-6-14-24-11-25-27(14)10-12)23-8-9-28-15-13(17(18,19)20)4-3-7-22-15/h3-4,7,11-12H,2,5-6,8-10H2,1H3,(H2,21,23,26). The third kappa shape index (κ3) is 5.11. The van der Waals surface area contributed by atoms with Gasteiger partial charge >= 0.3 is 6.18 Å². The van der Waals surface area contributed by atoms with Gasteiger partial charge in [-0.25, -0.2) is 19.6 Å². The minimum absolute atomic E-state index is 0.0193. The molecule has 11 heteroatoms. The monoisotopic (exact) mass is 397 g/mol. The van der Waals surface area contributed by atoms with Crippen LogP contribution in [0.2, 0.25) is 0 Å². The molecule has 0 bridgehead atoms. The first-order valence-corrected chi connectivity index (χ1v) is 9.04. The lowest BCUT2D eigenvalue weighted by molar-refractivity contribution is -0.139. The molecule has 0 saturated heterocycles. The first-order chi connectivity index (χ1) is 13.5. The molecule has 0 spiro atoms. The number of aryl methyl sites for hydroxylation is 1. The molecular formula is C17H22F3N7O. The summed E-state index contributed by atoms with van der Waals surface area (Å²) in [7, 11) is 0. The van der Waals surface area contributed by atoms with Gasteiger partial charge in [0.1, 0.15) is 24.3 Å². The van der Waals surface area contributed by atoms with E-state index < -0.39 is 17.6 Å². The van der Waals surface area contributed by atoms with E-state index in [1.807, 2.05) is 11.6 Å². The molecule has 3 heterocycles. The zero-order chi connectivity index (χ0) is 20.0. The van der Waals surface area contributed by atoms with Gasteiger partial charge in [-0.15, -0.1) is 0 Å². The van der Waals surface area contributed by atoms with Crippen molar-refractivity contribution in [2.24, 2.45) is 4.99 Å². The van der Waals surface area contributed by atoms with Crippen LogP contribution < -0.4 is 15.4 Å². The van der Waals surface area contributed by atoms with Crippen LogP contribution in [0.3, 0.4) is 0 Å². The van der Waals surface area contributed by atoms with Crippen molar-refractivity contribution in [2.45, 2.75) is 38.5 Å². The summed E-state index contributed by atoms with van der Waals surface area (Å²) in [5.41, 5.74) is -0.894. The molecule has 0 aromatic carbocycles. The number of aliphatic imine (C=N–C) groups is 1. The Bertz CT molecular complexity index is 806. The van der Waals surface area contributed by atoms with Gasteiger partial charge in [0.25, 0.3) is 0 Å². The summed E-state index contributed by atoms with van der Waals surface area (Å²) in [5, 5.41) is 10.6. The summed E-state index contributed by atoms with van der Waals surface area (Å²) in [5.74, 6) is 1.11. The number of rotatable bonds is 6. The maximum absolute atomic E-state index is 12.9. The lowest BCUT2D eigenvalue weighted by Gasteiger charge is -2.25. The molecule has 28 heavy (non-hydrogen) atoms. The van der Waals surface area contributed by atoms with Crippen LogP contribution in [0.4, 0.5) is 13.2 Å². The fourth-order valence-corrected chi connectivity index (χ4v) is 2.89. The van der Waals surface area contributed by atoms with Gasteiger partial charge in [-0.1, -0.05) is 0 Å². The summed E-state index contributed by atoms with van der Waals surface area (Å²) in [6.07, 6.45) is 0.00913. The van der Waals surface area contributed by atoms with Gasteiger partial charge in [0, 0.05) is 25.2 Å². The SMILES string of the molecule is CCNC(=NCCOc1ncccc1C(F)(F)F)NC1CCc2ncnn2C1. The van der Waals surface area contributed by atoms with E-state index >= 15 is 0 Å². The number of pyridine rings is 1. The summed E-state index contributed by atoms with van der Waals surface area (Å²) in [6.45, 7) is 3.44. The minimum Gasteiger partial charge on any atom is -0.475 e. The van der Waals surface area contributed by atoms with E-state index in [0.29, 0.717) is 19.0 Å². The van der Waals surface area contributed by atoms with Crippen LogP contribution >= 0.6 is 0 Å². The van der Waals surface area contributed by atoms with E-state index in [1.165, 1.54) is 12.3 Å². The number of hydrogen-bond donors (Lipinski definition) is 2. The van der Waals surface area contributed by atoms with Gasteiger partial charge in [0.05, 0.1) is 13.1 Å². The topological polar surface area (TPSA) is 89.2 Å². The van der Waals surface area contributed by atoms with Gasteiger partial charge in [-0.3, -0.25) is 0 Å². The number of guanidine groups is 1. The number of nitrogens with one attached hydrogen (secondary N) is 2. The highest BCUT2D eigenvalue weighted by Gasteiger charge is 2.35. The molecule has 2 N–H and O–H groups in total. The number of alkyl halides is 3. The Balaban J connectivity index is 1.54. The fraction of sp³-hybridized carbons (Fsp3) is 0.529. The Hall–Kier alpha value is -2.85. The Labute approximate surface area is 160 Å². The van der Waals surface area contributed by atoms with Crippen molar-refractivity contribution < 1.29 is 17.9 Å². The second-order valence-electron chi connectivity index (χ2n) is 6.20. The molecule has 3 rings (SSSR count). The van der Waals surface area contributed by atoms with Crippen LogP contribution in [0.5, 0.6) is 5.88 Å². The molecule has 152 valence electrons. The quantitative estimate of drug-likeness (QED) is 0.438. The fourth-order valence-electron chi connectivity index (χ4n) is 2.89. The molecule has 0 fully saturated rings. The Morgan fingerprint density at radius 3 is 3.04 bits per heavy atom. The van der Waals surface area contributed by atoms with Crippen LogP contribution in [0.1, 0.15) is 24.7 Å². The molecule has 2 aromatic heterocycles. The van der Waals surface area contributed by atoms with E-state index in [1.54, 1.807) is 6.33 Å². The zero-order valence-corrected chi connectivity index (χ0v) is 15.4. The molecule has 1 aliphatic heterocycles. The maximum atomic E-state index is 12.9. The second-order valence-corrected chi connectivity index (χ2v) is 6.20. The Morgan fingerprint density at radius 2 is 2.25 bits per heavy atom. The van der Waals surface area contributed by atoms with Crippen molar-refractivity contribution in [1.29, 1.82) is 0 Å². The first-order valence-electron chi connectivity index (χ1n) is 9.04. The molecule has 2 aromatic rings. The van der Waals surface area contributed by atoms with Crippen molar-refractivity contribution in [3.8, 4) is 5.88 Å². The largest absolute Gasteiger partial charge is 0.475 e. The van der Waals surface area contributed by atoms with Gasteiger partial charge in [0.2, 0.25) is 5.88 Å². The van der Waals surface area contributed by atoms with Crippen molar-refractivity contribution in [1.82, 2.24) is 30.4 Å². The zero-order valence-electron chi connectivity index (χ0n) is 15.4. The highest BCUT2D eigenvalue weighted by molar-refractivity contribution is 5.80. The van der Waals surface area contributed by atoms with Gasteiger partial charge in [-0.05, 0) is 25.5 Å². The molecule has 1 aliphatic rings. The van der Waals surface area contributed by atoms with Crippen LogP contribution in [0, 0.1) is 0 Å². The molecule has 0 amide bonds. The van der Waals surface area contributed by atoms with Crippen LogP contribution in [0.15, 0.2) is 29.6 Å². The van der Waals surface area contributed by atoms with Crippen LogP contribution in [-0.4, -0.2) is 51.4 Å². The van der Waals surface area contributed by atoms with Crippen molar-refractivity contribution in [3.63, 3.8) is 0 Å². The number of aromatic nitrogens is 4. The van der Waals surface area contributed by atoms with Gasteiger partial charge in [0.15, 0.2) is 5.96 Å². The van der Waals surface area contributed by atoms with E-state index in [0.717, 1.165) is 24.7 Å².